The fourth-order valence-electron chi connectivity index (χ4n) is 2.83. The fourth-order valence-corrected chi connectivity index (χ4v) is 2.83. The van der Waals surface area contributed by atoms with Crippen molar-refractivity contribution in [3.63, 3.8) is 0 Å². The number of ether oxygens (including phenoxy) is 1. The number of nitriles is 1. The van der Waals surface area contributed by atoms with Gasteiger partial charge in [0.2, 0.25) is 5.91 Å². The van der Waals surface area contributed by atoms with Crippen LogP contribution in [0.1, 0.15) is 38.3 Å². The van der Waals surface area contributed by atoms with Gasteiger partial charge in [0.1, 0.15) is 11.3 Å². The van der Waals surface area contributed by atoms with Crippen LogP contribution in [0, 0.1) is 17.2 Å². The van der Waals surface area contributed by atoms with Crippen LogP contribution in [-0.2, 0) is 17.6 Å². The normalized spacial score (nSPS) is 15.8. The van der Waals surface area contributed by atoms with Gasteiger partial charge in [-0.2, -0.15) is 5.26 Å². The third-order valence-corrected chi connectivity index (χ3v) is 3.60. The van der Waals surface area contributed by atoms with Crippen molar-refractivity contribution in [3.8, 4) is 11.8 Å². The summed E-state index contributed by atoms with van der Waals surface area (Å²) in [7, 11) is 0. The highest BCUT2D eigenvalue weighted by Crippen LogP contribution is 2.26. The standard InChI is InChI=1S/C17H22N2O2/c1-12(2)10-17(3,11-18)19-16(20)9-13-4-5-15-14(8-13)6-7-21-15/h4-5,8,12H,6-7,9-10H2,1-3H3,(H,19,20)/t17-/m0/s1. The summed E-state index contributed by atoms with van der Waals surface area (Å²) in [6.45, 7) is 6.58. The second kappa shape index (κ2) is 6.17. The van der Waals surface area contributed by atoms with Crippen molar-refractivity contribution in [1.82, 2.24) is 5.32 Å². The van der Waals surface area contributed by atoms with Gasteiger partial charge in [0, 0.05) is 6.42 Å². The van der Waals surface area contributed by atoms with Crippen LogP contribution in [0.4, 0.5) is 0 Å². The molecule has 4 heteroatoms. The molecule has 0 unspecified atom stereocenters. The number of carbonyl (C=O) groups excluding carboxylic acids is 1. The highest BCUT2D eigenvalue weighted by Gasteiger charge is 2.27. The lowest BCUT2D eigenvalue weighted by molar-refractivity contribution is -0.121. The molecule has 1 aliphatic heterocycles. The summed E-state index contributed by atoms with van der Waals surface area (Å²) >= 11 is 0. The Balaban J connectivity index is 2.00. The van der Waals surface area contributed by atoms with Gasteiger partial charge >= 0.3 is 0 Å². The summed E-state index contributed by atoms with van der Waals surface area (Å²) in [5, 5.41) is 12.2. The molecule has 0 spiro atoms. The highest BCUT2D eigenvalue weighted by molar-refractivity contribution is 5.79. The first-order valence-electron chi connectivity index (χ1n) is 7.39. The molecular formula is C17H22N2O2. The van der Waals surface area contributed by atoms with E-state index in [1.807, 2.05) is 32.0 Å². The molecule has 4 nitrogen and oxygen atoms in total. The number of nitrogens with zero attached hydrogens (tertiary/aromatic N) is 1. The molecule has 1 aromatic rings. The zero-order valence-electron chi connectivity index (χ0n) is 12.9. The van der Waals surface area contributed by atoms with Crippen molar-refractivity contribution in [2.75, 3.05) is 6.61 Å². The molecule has 1 aromatic carbocycles. The van der Waals surface area contributed by atoms with Crippen LogP contribution in [0.3, 0.4) is 0 Å². The predicted molar refractivity (Wildman–Crippen MR) is 81.0 cm³/mol. The smallest absolute Gasteiger partial charge is 0.225 e. The van der Waals surface area contributed by atoms with Gasteiger partial charge in [0.05, 0.1) is 19.1 Å². The molecule has 0 bridgehead atoms. The van der Waals surface area contributed by atoms with Crippen molar-refractivity contribution >= 4 is 5.91 Å². The van der Waals surface area contributed by atoms with Gasteiger partial charge in [0.15, 0.2) is 0 Å². The first-order valence-corrected chi connectivity index (χ1v) is 7.39. The number of nitrogens with one attached hydrogen (secondary N) is 1. The Bertz CT molecular complexity index is 575. The number of hydrogen-bond donors (Lipinski definition) is 1. The minimum atomic E-state index is -0.801. The first-order chi connectivity index (χ1) is 9.92. The lowest BCUT2D eigenvalue weighted by atomic mass is 9.92. The Hall–Kier alpha value is -2.02. The molecule has 0 aliphatic carbocycles. The third-order valence-electron chi connectivity index (χ3n) is 3.60. The van der Waals surface area contributed by atoms with Crippen LogP contribution in [0.15, 0.2) is 18.2 Å². The Kier molecular flexibility index (Phi) is 4.52. The van der Waals surface area contributed by atoms with E-state index in [9.17, 15) is 10.1 Å². The van der Waals surface area contributed by atoms with Gasteiger partial charge in [-0.1, -0.05) is 26.0 Å². The molecule has 2 rings (SSSR count). The minimum absolute atomic E-state index is 0.112. The van der Waals surface area contributed by atoms with E-state index in [1.54, 1.807) is 6.92 Å². The van der Waals surface area contributed by atoms with Crippen molar-refractivity contribution in [2.24, 2.45) is 5.92 Å². The van der Waals surface area contributed by atoms with Crippen molar-refractivity contribution < 1.29 is 9.53 Å². The maximum absolute atomic E-state index is 12.2. The van der Waals surface area contributed by atoms with Gasteiger partial charge < -0.3 is 10.1 Å². The number of amides is 1. The second-order valence-electron chi connectivity index (χ2n) is 6.31. The molecule has 1 aliphatic rings. The van der Waals surface area contributed by atoms with E-state index < -0.39 is 5.54 Å². The summed E-state index contributed by atoms with van der Waals surface area (Å²) in [6.07, 6.45) is 1.84. The van der Waals surface area contributed by atoms with Crippen LogP contribution in [0.2, 0.25) is 0 Å². The van der Waals surface area contributed by atoms with Crippen molar-refractivity contribution in [3.05, 3.63) is 29.3 Å². The molecule has 0 radical (unpaired) electrons. The van der Waals surface area contributed by atoms with Gasteiger partial charge in [-0.25, -0.2) is 0 Å². The van der Waals surface area contributed by atoms with Crippen LogP contribution < -0.4 is 10.1 Å². The van der Waals surface area contributed by atoms with Crippen LogP contribution in [0.25, 0.3) is 0 Å². The summed E-state index contributed by atoms with van der Waals surface area (Å²) in [4.78, 5) is 12.2. The maximum Gasteiger partial charge on any atom is 0.225 e. The van der Waals surface area contributed by atoms with E-state index >= 15 is 0 Å². The minimum Gasteiger partial charge on any atom is -0.493 e. The predicted octanol–water partition coefficient (Wildman–Crippen LogP) is 2.61. The molecular weight excluding hydrogens is 264 g/mol. The van der Waals surface area contributed by atoms with Crippen LogP contribution in [-0.4, -0.2) is 18.1 Å². The van der Waals surface area contributed by atoms with Gasteiger partial charge in [-0.05, 0) is 36.5 Å². The highest BCUT2D eigenvalue weighted by atomic mass is 16.5. The van der Waals surface area contributed by atoms with E-state index in [0.29, 0.717) is 25.4 Å². The average molecular weight is 286 g/mol. The number of hydrogen-bond acceptors (Lipinski definition) is 3. The fraction of sp³-hybridized carbons (Fsp3) is 0.529. The van der Waals surface area contributed by atoms with E-state index in [-0.39, 0.29) is 5.91 Å². The quantitative estimate of drug-likeness (QED) is 0.905. The SMILES string of the molecule is CC(C)C[C@@](C)(C#N)NC(=O)Cc1ccc2c(c1)CCO2. The Morgan fingerprint density at radius 1 is 1.52 bits per heavy atom. The van der Waals surface area contributed by atoms with E-state index in [1.165, 1.54) is 0 Å². The van der Waals surface area contributed by atoms with Crippen molar-refractivity contribution in [2.45, 2.75) is 45.6 Å². The summed E-state index contributed by atoms with van der Waals surface area (Å²) < 4.78 is 5.46. The van der Waals surface area contributed by atoms with E-state index in [2.05, 4.69) is 11.4 Å². The van der Waals surface area contributed by atoms with Gasteiger partial charge in [-0.15, -0.1) is 0 Å². The molecule has 21 heavy (non-hydrogen) atoms. The van der Waals surface area contributed by atoms with E-state index in [4.69, 9.17) is 4.74 Å². The van der Waals surface area contributed by atoms with Gasteiger partial charge in [-0.3, -0.25) is 4.79 Å². The molecule has 1 heterocycles. The average Bonchev–Trinajstić information content (AvgIpc) is 2.84. The Morgan fingerprint density at radius 2 is 2.29 bits per heavy atom. The summed E-state index contributed by atoms with van der Waals surface area (Å²) in [5.41, 5.74) is 1.32. The number of benzene rings is 1. The molecule has 1 N–H and O–H groups in total. The first kappa shape index (κ1) is 15.4. The van der Waals surface area contributed by atoms with Crippen molar-refractivity contribution in [1.29, 1.82) is 5.26 Å². The monoisotopic (exact) mass is 286 g/mol. The molecule has 0 fully saturated rings. The topological polar surface area (TPSA) is 62.1 Å². The van der Waals surface area contributed by atoms with E-state index in [0.717, 1.165) is 23.3 Å². The number of carbonyl (C=O) groups is 1. The maximum atomic E-state index is 12.2. The molecule has 1 atom stereocenters. The largest absolute Gasteiger partial charge is 0.493 e. The second-order valence-corrected chi connectivity index (χ2v) is 6.31. The third kappa shape index (κ3) is 3.98. The molecule has 0 aromatic heterocycles. The summed E-state index contributed by atoms with van der Waals surface area (Å²) in [5.74, 6) is 1.16. The Morgan fingerprint density at radius 3 is 2.95 bits per heavy atom. The lowest BCUT2D eigenvalue weighted by Gasteiger charge is -2.25. The Labute approximate surface area is 126 Å². The molecule has 0 saturated carbocycles. The molecule has 0 saturated heterocycles. The molecule has 1 amide bonds. The zero-order valence-corrected chi connectivity index (χ0v) is 12.9. The number of rotatable bonds is 5. The van der Waals surface area contributed by atoms with Crippen LogP contribution in [0.5, 0.6) is 5.75 Å². The summed E-state index contributed by atoms with van der Waals surface area (Å²) in [6, 6.07) is 8.07. The van der Waals surface area contributed by atoms with Crippen LogP contribution >= 0.6 is 0 Å². The number of fused-ring (bicyclic) bond motifs is 1. The van der Waals surface area contributed by atoms with Gasteiger partial charge in [0.25, 0.3) is 0 Å². The zero-order chi connectivity index (χ0) is 15.5. The lowest BCUT2D eigenvalue weighted by Crippen LogP contribution is -2.46. The molecule has 112 valence electrons.